The number of para-hydroxylation sites is 1. The largest absolute Gasteiger partial charge is 0.335 e. The summed E-state index contributed by atoms with van der Waals surface area (Å²) >= 11 is 0. The van der Waals surface area contributed by atoms with E-state index in [-0.39, 0.29) is 30.2 Å². The monoisotopic (exact) mass is 336 g/mol. The van der Waals surface area contributed by atoms with Gasteiger partial charge < -0.3 is 10.2 Å². The standard InChI is InChI=1S/C21H24N2O2/c1-14-8-7-9-15(2)20(14)22-21(25)18-12-19(24)23(13-18)16(3)17-10-5-4-6-11-17/h4-11,16,18H,12-13H2,1-3H3,(H,22,25)/t16-,18+/m0/s1. The van der Waals surface area contributed by atoms with Crippen molar-refractivity contribution in [1.82, 2.24) is 4.90 Å². The van der Waals surface area contributed by atoms with Crippen LogP contribution in [0.3, 0.4) is 0 Å². The van der Waals surface area contributed by atoms with Crippen molar-refractivity contribution in [3.05, 3.63) is 65.2 Å². The normalized spacial score (nSPS) is 18.3. The van der Waals surface area contributed by atoms with Crippen molar-refractivity contribution in [2.24, 2.45) is 5.92 Å². The molecule has 2 atom stereocenters. The molecule has 0 unspecified atom stereocenters. The lowest BCUT2D eigenvalue weighted by Gasteiger charge is -2.25. The summed E-state index contributed by atoms with van der Waals surface area (Å²) in [5.41, 5.74) is 4.01. The third kappa shape index (κ3) is 3.58. The molecule has 1 aliphatic rings. The zero-order valence-corrected chi connectivity index (χ0v) is 15.0. The van der Waals surface area contributed by atoms with E-state index in [0.717, 1.165) is 22.4 Å². The van der Waals surface area contributed by atoms with E-state index in [1.807, 2.05) is 74.2 Å². The number of carbonyl (C=O) groups excluding carboxylic acids is 2. The van der Waals surface area contributed by atoms with E-state index in [1.165, 1.54) is 0 Å². The van der Waals surface area contributed by atoms with Crippen molar-refractivity contribution in [3.63, 3.8) is 0 Å². The van der Waals surface area contributed by atoms with E-state index in [1.54, 1.807) is 0 Å². The van der Waals surface area contributed by atoms with Crippen LogP contribution in [0, 0.1) is 19.8 Å². The molecule has 0 radical (unpaired) electrons. The quantitative estimate of drug-likeness (QED) is 0.922. The van der Waals surface area contributed by atoms with Crippen molar-refractivity contribution < 1.29 is 9.59 Å². The van der Waals surface area contributed by atoms with Gasteiger partial charge in [0, 0.05) is 18.7 Å². The van der Waals surface area contributed by atoms with Crippen molar-refractivity contribution in [2.75, 3.05) is 11.9 Å². The minimum atomic E-state index is -0.308. The first kappa shape index (κ1) is 17.2. The van der Waals surface area contributed by atoms with Crippen LogP contribution >= 0.6 is 0 Å². The summed E-state index contributed by atoms with van der Waals surface area (Å²) in [6.45, 7) is 6.43. The number of likely N-dealkylation sites (tertiary alicyclic amines) is 1. The maximum Gasteiger partial charge on any atom is 0.229 e. The molecule has 1 aliphatic heterocycles. The van der Waals surface area contributed by atoms with Crippen LogP contribution in [0.25, 0.3) is 0 Å². The maximum atomic E-state index is 12.7. The van der Waals surface area contributed by atoms with Crippen LogP contribution in [0.5, 0.6) is 0 Å². The second-order valence-corrected chi connectivity index (χ2v) is 6.79. The molecule has 0 saturated carbocycles. The Morgan fingerprint density at radius 3 is 2.36 bits per heavy atom. The molecule has 0 bridgehead atoms. The number of amides is 2. The van der Waals surface area contributed by atoms with Crippen molar-refractivity contribution in [3.8, 4) is 0 Å². The SMILES string of the molecule is Cc1cccc(C)c1NC(=O)[C@@H]1CC(=O)N([C@@H](C)c2ccccc2)C1. The molecular formula is C21H24N2O2. The molecule has 2 aromatic carbocycles. The number of aryl methyl sites for hydroxylation is 2. The number of anilines is 1. The third-order valence-corrected chi connectivity index (χ3v) is 5.01. The summed E-state index contributed by atoms with van der Waals surface area (Å²) in [4.78, 5) is 26.9. The van der Waals surface area contributed by atoms with Gasteiger partial charge >= 0.3 is 0 Å². The number of nitrogens with one attached hydrogen (secondary N) is 1. The van der Waals surface area contributed by atoms with Crippen LogP contribution in [-0.4, -0.2) is 23.3 Å². The molecule has 1 saturated heterocycles. The summed E-state index contributed by atoms with van der Waals surface area (Å²) < 4.78 is 0. The average molecular weight is 336 g/mol. The minimum Gasteiger partial charge on any atom is -0.335 e. The predicted molar refractivity (Wildman–Crippen MR) is 99.2 cm³/mol. The molecule has 0 aromatic heterocycles. The van der Waals surface area contributed by atoms with Crippen molar-refractivity contribution >= 4 is 17.5 Å². The lowest BCUT2D eigenvalue weighted by atomic mass is 10.1. The second-order valence-electron chi connectivity index (χ2n) is 6.79. The highest BCUT2D eigenvalue weighted by Gasteiger charge is 2.37. The molecule has 25 heavy (non-hydrogen) atoms. The van der Waals surface area contributed by atoms with Gasteiger partial charge in [-0.1, -0.05) is 48.5 Å². The Kier molecular flexibility index (Phi) is 4.88. The van der Waals surface area contributed by atoms with Crippen LogP contribution in [0.15, 0.2) is 48.5 Å². The summed E-state index contributed by atoms with van der Waals surface area (Å²) in [5.74, 6) is -0.343. The molecule has 4 nitrogen and oxygen atoms in total. The Labute approximate surface area is 148 Å². The average Bonchev–Trinajstić information content (AvgIpc) is 3.00. The summed E-state index contributed by atoms with van der Waals surface area (Å²) in [6, 6.07) is 15.8. The highest BCUT2D eigenvalue weighted by molar-refractivity contribution is 5.98. The highest BCUT2D eigenvalue weighted by atomic mass is 16.2. The lowest BCUT2D eigenvalue weighted by molar-refractivity contribution is -0.129. The number of rotatable bonds is 4. The molecule has 3 rings (SSSR count). The Morgan fingerprint density at radius 1 is 1.08 bits per heavy atom. The number of hydrogen-bond acceptors (Lipinski definition) is 2. The predicted octanol–water partition coefficient (Wildman–Crippen LogP) is 3.85. The van der Waals surface area contributed by atoms with Gasteiger partial charge in [0.15, 0.2) is 0 Å². The van der Waals surface area contributed by atoms with Crippen molar-refractivity contribution in [1.29, 1.82) is 0 Å². The van der Waals surface area contributed by atoms with Gasteiger partial charge in [-0.15, -0.1) is 0 Å². The van der Waals surface area contributed by atoms with Crippen LogP contribution in [0.1, 0.15) is 36.1 Å². The fourth-order valence-corrected chi connectivity index (χ4v) is 3.43. The van der Waals surface area contributed by atoms with Gasteiger partial charge in [-0.2, -0.15) is 0 Å². The highest BCUT2D eigenvalue weighted by Crippen LogP contribution is 2.29. The number of nitrogens with zero attached hydrogens (tertiary/aromatic N) is 1. The molecule has 4 heteroatoms. The van der Waals surface area contributed by atoms with Crippen LogP contribution < -0.4 is 5.32 Å². The third-order valence-electron chi connectivity index (χ3n) is 5.01. The summed E-state index contributed by atoms with van der Waals surface area (Å²) in [6.07, 6.45) is 0.272. The zero-order chi connectivity index (χ0) is 18.0. The van der Waals surface area contributed by atoms with Crippen molar-refractivity contribution in [2.45, 2.75) is 33.2 Å². The van der Waals surface area contributed by atoms with Crippen LogP contribution in [-0.2, 0) is 9.59 Å². The topological polar surface area (TPSA) is 49.4 Å². The summed E-state index contributed by atoms with van der Waals surface area (Å²) in [7, 11) is 0. The molecule has 2 amide bonds. The van der Waals surface area contributed by atoms with E-state index >= 15 is 0 Å². The molecule has 0 spiro atoms. The van der Waals surface area contributed by atoms with Crippen LogP contribution in [0.2, 0.25) is 0 Å². The first-order valence-electron chi connectivity index (χ1n) is 8.69. The van der Waals surface area contributed by atoms with E-state index in [9.17, 15) is 9.59 Å². The van der Waals surface area contributed by atoms with E-state index < -0.39 is 0 Å². The smallest absolute Gasteiger partial charge is 0.229 e. The first-order chi connectivity index (χ1) is 12.0. The lowest BCUT2D eigenvalue weighted by Crippen LogP contribution is -2.30. The molecule has 1 heterocycles. The first-order valence-corrected chi connectivity index (χ1v) is 8.69. The number of carbonyl (C=O) groups is 2. The minimum absolute atomic E-state index is 0.0216. The maximum absolute atomic E-state index is 12.7. The second kappa shape index (κ2) is 7.09. The van der Waals surface area contributed by atoms with Gasteiger partial charge in [0.1, 0.15) is 0 Å². The Balaban J connectivity index is 1.71. The van der Waals surface area contributed by atoms with Crippen LogP contribution in [0.4, 0.5) is 5.69 Å². The number of benzene rings is 2. The Bertz CT molecular complexity index is 765. The molecule has 2 aromatic rings. The van der Waals surface area contributed by atoms with E-state index in [2.05, 4.69) is 5.32 Å². The van der Waals surface area contributed by atoms with Gasteiger partial charge in [0.25, 0.3) is 0 Å². The van der Waals surface area contributed by atoms with Gasteiger partial charge in [0.05, 0.1) is 12.0 Å². The molecule has 1 fully saturated rings. The van der Waals surface area contributed by atoms with Gasteiger partial charge in [0.2, 0.25) is 11.8 Å². The van der Waals surface area contributed by atoms with Gasteiger partial charge in [-0.25, -0.2) is 0 Å². The fraction of sp³-hybridized carbons (Fsp3) is 0.333. The van der Waals surface area contributed by atoms with E-state index in [4.69, 9.17) is 0 Å². The van der Waals surface area contributed by atoms with E-state index in [0.29, 0.717) is 6.54 Å². The molecule has 130 valence electrons. The molecule has 0 aliphatic carbocycles. The Morgan fingerprint density at radius 2 is 1.72 bits per heavy atom. The number of hydrogen-bond donors (Lipinski definition) is 1. The Hall–Kier alpha value is -2.62. The summed E-state index contributed by atoms with van der Waals surface area (Å²) in [5, 5.41) is 3.02. The molecular weight excluding hydrogens is 312 g/mol. The van der Waals surface area contributed by atoms with Gasteiger partial charge in [-0.3, -0.25) is 9.59 Å². The van der Waals surface area contributed by atoms with Gasteiger partial charge in [-0.05, 0) is 37.5 Å². The zero-order valence-electron chi connectivity index (χ0n) is 15.0. The fourth-order valence-electron chi connectivity index (χ4n) is 3.43. The molecule has 1 N–H and O–H groups in total.